The summed E-state index contributed by atoms with van der Waals surface area (Å²) in [4.78, 5) is 14.6. The molecule has 5 nitrogen and oxygen atoms in total. The Labute approximate surface area is 130 Å². The zero-order valence-corrected chi connectivity index (χ0v) is 13.1. The molecule has 2 heterocycles. The predicted octanol–water partition coefficient (Wildman–Crippen LogP) is 2.13. The van der Waals surface area contributed by atoms with Gasteiger partial charge in [0.15, 0.2) is 5.69 Å². The second-order valence-electron chi connectivity index (χ2n) is 6.05. The van der Waals surface area contributed by atoms with Gasteiger partial charge in [0.05, 0.1) is 5.69 Å². The van der Waals surface area contributed by atoms with Gasteiger partial charge >= 0.3 is 0 Å². The van der Waals surface area contributed by atoms with Gasteiger partial charge in [-0.05, 0) is 44.9 Å². The molecule has 2 N–H and O–H groups in total. The number of rotatable bonds is 2. The molecule has 1 amide bonds. The molecule has 22 heavy (non-hydrogen) atoms. The van der Waals surface area contributed by atoms with E-state index in [0.717, 1.165) is 24.2 Å². The van der Waals surface area contributed by atoms with Crippen LogP contribution in [0.15, 0.2) is 36.4 Å². The van der Waals surface area contributed by atoms with Crippen molar-refractivity contribution in [2.24, 2.45) is 5.73 Å². The van der Waals surface area contributed by atoms with E-state index in [9.17, 15) is 4.79 Å². The zero-order chi connectivity index (χ0) is 15.7. The van der Waals surface area contributed by atoms with Crippen molar-refractivity contribution in [3.05, 3.63) is 47.8 Å². The second-order valence-corrected chi connectivity index (χ2v) is 6.05. The van der Waals surface area contributed by atoms with Crippen LogP contribution in [0.4, 0.5) is 0 Å². The van der Waals surface area contributed by atoms with Gasteiger partial charge in [0.2, 0.25) is 0 Å². The second kappa shape index (κ2) is 5.93. The molecule has 116 valence electrons. The fourth-order valence-corrected chi connectivity index (χ4v) is 3.07. The normalized spacial score (nSPS) is 21.9. The average molecular weight is 298 g/mol. The number of hydrogen-bond donors (Lipinski definition) is 1. The van der Waals surface area contributed by atoms with Crippen molar-refractivity contribution >= 4 is 5.91 Å². The number of nitrogens with zero attached hydrogens (tertiary/aromatic N) is 3. The Morgan fingerprint density at radius 1 is 1.32 bits per heavy atom. The highest BCUT2D eigenvalue weighted by Gasteiger charge is 2.29. The van der Waals surface area contributed by atoms with Gasteiger partial charge in [0, 0.05) is 24.3 Å². The summed E-state index contributed by atoms with van der Waals surface area (Å²) in [7, 11) is 0. The lowest BCUT2D eigenvalue weighted by Crippen LogP contribution is -2.48. The summed E-state index contributed by atoms with van der Waals surface area (Å²) < 4.78 is 1.81. The lowest BCUT2D eigenvalue weighted by atomic mass is 9.99. The summed E-state index contributed by atoms with van der Waals surface area (Å²) in [6.07, 6.45) is 1.71. The molecule has 0 spiro atoms. The lowest BCUT2D eigenvalue weighted by molar-refractivity contribution is 0.0612. The maximum Gasteiger partial charge on any atom is 0.274 e. The van der Waals surface area contributed by atoms with Gasteiger partial charge in [0.1, 0.15) is 0 Å². The standard InChI is InChI=1S/C17H22N4O/c1-12-10-14(18)8-9-20(12)17(22)16-11-13(2)21(19-16)15-6-4-3-5-7-15/h3-7,11-12,14H,8-10,18H2,1-2H3/t12-,14+/m1/s1. The third-order valence-electron chi connectivity index (χ3n) is 4.28. The van der Waals surface area contributed by atoms with Crippen LogP contribution in [0.5, 0.6) is 0 Å². The molecule has 1 aromatic heterocycles. The van der Waals surface area contributed by atoms with Gasteiger partial charge < -0.3 is 10.6 Å². The smallest absolute Gasteiger partial charge is 0.274 e. The molecule has 5 heteroatoms. The number of amides is 1. The first kappa shape index (κ1) is 14.8. The molecule has 2 aromatic rings. The summed E-state index contributed by atoms with van der Waals surface area (Å²) in [6.45, 7) is 4.72. The van der Waals surface area contributed by atoms with E-state index in [2.05, 4.69) is 12.0 Å². The number of piperidine rings is 1. The van der Waals surface area contributed by atoms with E-state index < -0.39 is 0 Å². The Hall–Kier alpha value is -2.14. The Balaban J connectivity index is 1.85. The van der Waals surface area contributed by atoms with Gasteiger partial charge in [-0.15, -0.1) is 0 Å². The SMILES string of the molecule is Cc1cc(C(=O)N2CC[C@H](N)C[C@H]2C)nn1-c1ccccc1. The number of para-hydroxylation sites is 1. The van der Waals surface area contributed by atoms with Crippen molar-refractivity contribution < 1.29 is 4.79 Å². The van der Waals surface area contributed by atoms with Crippen molar-refractivity contribution in [3.63, 3.8) is 0 Å². The van der Waals surface area contributed by atoms with Gasteiger partial charge in [-0.3, -0.25) is 4.79 Å². The third-order valence-corrected chi connectivity index (χ3v) is 4.28. The molecule has 0 aliphatic carbocycles. The number of carbonyl (C=O) groups excluding carboxylic acids is 1. The van der Waals surface area contributed by atoms with E-state index in [4.69, 9.17) is 5.73 Å². The highest BCUT2D eigenvalue weighted by molar-refractivity contribution is 5.92. The Bertz CT molecular complexity index is 665. The molecule has 0 radical (unpaired) electrons. The summed E-state index contributed by atoms with van der Waals surface area (Å²) in [6, 6.07) is 12.1. The lowest BCUT2D eigenvalue weighted by Gasteiger charge is -2.35. The molecule has 1 saturated heterocycles. The minimum Gasteiger partial charge on any atom is -0.334 e. The number of aryl methyl sites for hydroxylation is 1. The number of carbonyl (C=O) groups is 1. The largest absolute Gasteiger partial charge is 0.334 e. The predicted molar refractivity (Wildman–Crippen MR) is 86.0 cm³/mol. The maximum atomic E-state index is 12.7. The molecule has 0 bridgehead atoms. The molecule has 0 saturated carbocycles. The summed E-state index contributed by atoms with van der Waals surface area (Å²) in [5, 5.41) is 4.50. The minimum absolute atomic E-state index is 0.00261. The molecule has 1 aromatic carbocycles. The van der Waals surface area contributed by atoms with Gasteiger partial charge in [-0.25, -0.2) is 4.68 Å². The van der Waals surface area contributed by atoms with E-state index in [-0.39, 0.29) is 18.0 Å². The molecular formula is C17H22N4O. The van der Waals surface area contributed by atoms with Crippen LogP contribution in [0.1, 0.15) is 35.9 Å². The third kappa shape index (κ3) is 2.76. The molecule has 1 aliphatic rings. The molecule has 0 unspecified atom stereocenters. The number of hydrogen-bond acceptors (Lipinski definition) is 3. The quantitative estimate of drug-likeness (QED) is 0.924. The van der Waals surface area contributed by atoms with Crippen LogP contribution in [-0.2, 0) is 0 Å². The Morgan fingerprint density at radius 2 is 2.05 bits per heavy atom. The van der Waals surface area contributed by atoms with Crippen molar-refractivity contribution in [1.82, 2.24) is 14.7 Å². The van der Waals surface area contributed by atoms with Crippen LogP contribution in [0.3, 0.4) is 0 Å². The Morgan fingerprint density at radius 3 is 2.73 bits per heavy atom. The molecule has 1 fully saturated rings. The first-order chi connectivity index (χ1) is 10.6. The number of aromatic nitrogens is 2. The van der Waals surface area contributed by atoms with E-state index in [0.29, 0.717) is 12.2 Å². The number of benzene rings is 1. The zero-order valence-electron chi connectivity index (χ0n) is 13.1. The minimum atomic E-state index is -0.00261. The summed E-state index contributed by atoms with van der Waals surface area (Å²) in [5.74, 6) is -0.00261. The highest BCUT2D eigenvalue weighted by Crippen LogP contribution is 2.20. The van der Waals surface area contributed by atoms with Crippen LogP contribution in [0.2, 0.25) is 0 Å². The first-order valence-corrected chi connectivity index (χ1v) is 7.75. The fraction of sp³-hybridized carbons (Fsp3) is 0.412. The molecule has 2 atom stereocenters. The highest BCUT2D eigenvalue weighted by atomic mass is 16.2. The molecule has 3 rings (SSSR count). The van der Waals surface area contributed by atoms with E-state index >= 15 is 0 Å². The van der Waals surface area contributed by atoms with Crippen molar-refractivity contribution in [3.8, 4) is 5.69 Å². The van der Waals surface area contributed by atoms with Crippen LogP contribution >= 0.6 is 0 Å². The van der Waals surface area contributed by atoms with Gasteiger partial charge in [-0.2, -0.15) is 5.10 Å². The molecular weight excluding hydrogens is 276 g/mol. The van der Waals surface area contributed by atoms with E-state index in [1.165, 1.54) is 0 Å². The monoisotopic (exact) mass is 298 g/mol. The van der Waals surface area contributed by atoms with Crippen molar-refractivity contribution in [2.75, 3.05) is 6.54 Å². The van der Waals surface area contributed by atoms with Crippen molar-refractivity contribution in [1.29, 1.82) is 0 Å². The van der Waals surface area contributed by atoms with Crippen LogP contribution in [-0.4, -0.2) is 39.2 Å². The maximum absolute atomic E-state index is 12.7. The van der Waals surface area contributed by atoms with Gasteiger partial charge in [0.25, 0.3) is 5.91 Å². The van der Waals surface area contributed by atoms with E-state index in [1.807, 2.05) is 52.9 Å². The van der Waals surface area contributed by atoms with E-state index in [1.54, 1.807) is 0 Å². The fourth-order valence-electron chi connectivity index (χ4n) is 3.07. The van der Waals surface area contributed by atoms with Crippen LogP contribution < -0.4 is 5.73 Å². The Kier molecular flexibility index (Phi) is 3.98. The van der Waals surface area contributed by atoms with Crippen LogP contribution in [0.25, 0.3) is 5.69 Å². The number of nitrogens with two attached hydrogens (primary N) is 1. The van der Waals surface area contributed by atoms with Crippen molar-refractivity contribution in [2.45, 2.75) is 38.8 Å². The summed E-state index contributed by atoms with van der Waals surface area (Å²) in [5.41, 5.74) is 8.40. The topological polar surface area (TPSA) is 64.2 Å². The average Bonchev–Trinajstić information content (AvgIpc) is 2.89. The first-order valence-electron chi connectivity index (χ1n) is 7.75. The van der Waals surface area contributed by atoms with Gasteiger partial charge in [-0.1, -0.05) is 18.2 Å². The number of likely N-dealkylation sites (tertiary alicyclic amines) is 1. The van der Waals surface area contributed by atoms with Crippen LogP contribution in [0, 0.1) is 6.92 Å². The summed E-state index contributed by atoms with van der Waals surface area (Å²) >= 11 is 0. The molecule has 1 aliphatic heterocycles.